The molecule has 1 aliphatic heterocycles. The SMILES string of the molecule is CCN(C)Cc1cc(OC2CCNC2)ccn1.Cl.Cl.Cl. The van der Waals surface area contributed by atoms with Gasteiger partial charge in [-0.3, -0.25) is 4.98 Å². The molecule has 4 nitrogen and oxygen atoms in total. The van der Waals surface area contributed by atoms with Crippen molar-refractivity contribution in [2.75, 3.05) is 26.7 Å². The lowest BCUT2D eigenvalue weighted by atomic mass is 10.3. The van der Waals surface area contributed by atoms with Crippen molar-refractivity contribution in [3.05, 3.63) is 24.0 Å². The number of nitrogens with one attached hydrogen (secondary N) is 1. The van der Waals surface area contributed by atoms with Gasteiger partial charge in [-0.05, 0) is 32.6 Å². The molecule has 1 unspecified atom stereocenters. The molecule has 0 radical (unpaired) electrons. The van der Waals surface area contributed by atoms with Crippen LogP contribution in [0.5, 0.6) is 5.75 Å². The van der Waals surface area contributed by atoms with Crippen molar-refractivity contribution in [1.82, 2.24) is 15.2 Å². The highest BCUT2D eigenvalue weighted by Gasteiger charge is 2.15. The quantitative estimate of drug-likeness (QED) is 0.891. The van der Waals surface area contributed by atoms with E-state index in [1.807, 2.05) is 18.3 Å². The maximum Gasteiger partial charge on any atom is 0.123 e. The molecule has 2 heterocycles. The highest BCUT2D eigenvalue weighted by Crippen LogP contribution is 2.16. The Morgan fingerprint density at radius 2 is 2.15 bits per heavy atom. The van der Waals surface area contributed by atoms with E-state index in [4.69, 9.17) is 4.74 Å². The van der Waals surface area contributed by atoms with Crippen LogP contribution in [0, 0.1) is 0 Å². The van der Waals surface area contributed by atoms with Crippen LogP contribution in [0.1, 0.15) is 19.0 Å². The minimum Gasteiger partial charge on any atom is -0.489 e. The summed E-state index contributed by atoms with van der Waals surface area (Å²) in [6, 6.07) is 3.98. The first-order valence-electron chi connectivity index (χ1n) is 6.28. The van der Waals surface area contributed by atoms with E-state index in [-0.39, 0.29) is 37.2 Å². The molecule has 118 valence electrons. The molecule has 1 aromatic rings. The molecule has 0 amide bonds. The molecule has 1 fully saturated rings. The number of ether oxygens (including phenoxy) is 1. The molecular weight excluding hydrogens is 321 g/mol. The van der Waals surface area contributed by atoms with Crippen molar-refractivity contribution in [2.45, 2.75) is 26.0 Å². The van der Waals surface area contributed by atoms with Gasteiger partial charge in [0.1, 0.15) is 11.9 Å². The summed E-state index contributed by atoms with van der Waals surface area (Å²) in [6.07, 6.45) is 3.23. The third kappa shape index (κ3) is 6.95. The third-order valence-electron chi connectivity index (χ3n) is 3.08. The second-order valence-electron chi connectivity index (χ2n) is 4.55. The lowest BCUT2D eigenvalue weighted by molar-refractivity contribution is 0.222. The molecule has 7 heteroatoms. The van der Waals surface area contributed by atoms with E-state index in [2.05, 4.69) is 29.2 Å². The Morgan fingerprint density at radius 3 is 2.75 bits per heavy atom. The molecule has 0 spiro atoms. The molecule has 0 bridgehead atoms. The molecule has 1 atom stereocenters. The smallest absolute Gasteiger partial charge is 0.123 e. The summed E-state index contributed by atoms with van der Waals surface area (Å²) in [4.78, 5) is 6.59. The van der Waals surface area contributed by atoms with E-state index in [0.717, 1.165) is 44.0 Å². The molecule has 0 aliphatic carbocycles. The molecule has 20 heavy (non-hydrogen) atoms. The zero-order valence-electron chi connectivity index (χ0n) is 11.9. The minimum atomic E-state index is 0. The predicted molar refractivity (Wildman–Crippen MR) is 89.9 cm³/mol. The van der Waals surface area contributed by atoms with Crippen LogP contribution in [0.2, 0.25) is 0 Å². The maximum absolute atomic E-state index is 5.91. The van der Waals surface area contributed by atoms with Gasteiger partial charge in [0.25, 0.3) is 0 Å². The fraction of sp³-hybridized carbons (Fsp3) is 0.615. The molecular formula is C13H24Cl3N3O. The predicted octanol–water partition coefficient (Wildman–Crippen LogP) is 2.54. The van der Waals surface area contributed by atoms with Gasteiger partial charge in [0.15, 0.2) is 0 Å². The van der Waals surface area contributed by atoms with Gasteiger partial charge in [-0.15, -0.1) is 37.2 Å². The number of hydrogen-bond donors (Lipinski definition) is 1. The normalized spacial score (nSPS) is 16.9. The van der Waals surface area contributed by atoms with Crippen LogP contribution in [0.15, 0.2) is 18.3 Å². The Balaban J connectivity index is 0. The van der Waals surface area contributed by atoms with E-state index in [1.54, 1.807) is 0 Å². The Morgan fingerprint density at radius 1 is 1.40 bits per heavy atom. The summed E-state index contributed by atoms with van der Waals surface area (Å²) in [6.45, 7) is 6.05. The molecule has 1 N–H and O–H groups in total. The van der Waals surface area contributed by atoms with Gasteiger partial charge in [0, 0.05) is 25.4 Å². The van der Waals surface area contributed by atoms with Crippen molar-refractivity contribution in [3.63, 3.8) is 0 Å². The number of halogens is 3. The van der Waals surface area contributed by atoms with Gasteiger partial charge in [-0.25, -0.2) is 0 Å². The number of nitrogens with zero attached hydrogens (tertiary/aromatic N) is 2. The van der Waals surface area contributed by atoms with E-state index >= 15 is 0 Å². The number of hydrogen-bond acceptors (Lipinski definition) is 4. The second-order valence-corrected chi connectivity index (χ2v) is 4.55. The van der Waals surface area contributed by atoms with E-state index in [0.29, 0.717) is 6.10 Å². The standard InChI is InChI=1S/C13H21N3O.3ClH/c1-3-16(2)10-11-8-12(5-7-15-11)17-13-4-6-14-9-13;;;/h5,7-8,13-14H,3-4,6,9-10H2,1-2H3;3*1H. The van der Waals surface area contributed by atoms with Gasteiger partial charge in [0.2, 0.25) is 0 Å². The van der Waals surface area contributed by atoms with Crippen LogP contribution in [-0.2, 0) is 6.54 Å². The van der Waals surface area contributed by atoms with Crippen molar-refractivity contribution in [3.8, 4) is 5.75 Å². The summed E-state index contributed by atoms with van der Waals surface area (Å²) in [5, 5.41) is 3.30. The van der Waals surface area contributed by atoms with E-state index in [9.17, 15) is 0 Å². The average Bonchev–Trinajstić information content (AvgIpc) is 2.82. The molecule has 2 rings (SSSR count). The average molecular weight is 345 g/mol. The van der Waals surface area contributed by atoms with Crippen LogP contribution in [-0.4, -0.2) is 42.7 Å². The summed E-state index contributed by atoms with van der Waals surface area (Å²) >= 11 is 0. The molecule has 1 aromatic heterocycles. The lowest BCUT2D eigenvalue weighted by Crippen LogP contribution is -2.20. The van der Waals surface area contributed by atoms with Gasteiger partial charge in [-0.2, -0.15) is 0 Å². The molecule has 1 saturated heterocycles. The highest BCUT2D eigenvalue weighted by atomic mass is 35.5. The van der Waals surface area contributed by atoms with Crippen molar-refractivity contribution in [2.24, 2.45) is 0 Å². The first-order chi connectivity index (χ1) is 8.28. The zero-order valence-corrected chi connectivity index (χ0v) is 14.3. The van der Waals surface area contributed by atoms with E-state index in [1.165, 1.54) is 0 Å². The Hall–Kier alpha value is -0.260. The topological polar surface area (TPSA) is 37.4 Å². The maximum atomic E-state index is 5.91. The summed E-state index contributed by atoms with van der Waals surface area (Å²) in [7, 11) is 2.09. The van der Waals surface area contributed by atoms with Gasteiger partial charge >= 0.3 is 0 Å². The van der Waals surface area contributed by atoms with Crippen LogP contribution in [0.25, 0.3) is 0 Å². The van der Waals surface area contributed by atoms with Crippen molar-refractivity contribution < 1.29 is 4.74 Å². The second kappa shape index (κ2) is 11.4. The molecule has 0 aromatic carbocycles. The van der Waals surface area contributed by atoms with Gasteiger partial charge in [-0.1, -0.05) is 6.92 Å². The van der Waals surface area contributed by atoms with Gasteiger partial charge in [0.05, 0.1) is 5.69 Å². The monoisotopic (exact) mass is 343 g/mol. The number of aromatic nitrogens is 1. The number of pyridine rings is 1. The minimum absolute atomic E-state index is 0. The Bertz CT molecular complexity index is 362. The Kier molecular flexibility index (Phi) is 12.6. The van der Waals surface area contributed by atoms with Gasteiger partial charge < -0.3 is 15.0 Å². The number of rotatable bonds is 5. The lowest BCUT2D eigenvalue weighted by Gasteiger charge is -2.15. The first kappa shape index (κ1) is 22.0. The van der Waals surface area contributed by atoms with E-state index < -0.39 is 0 Å². The Labute approximate surface area is 139 Å². The van der Waals surface area contributed by atoms with Crippen LogP contribution >= 0.6 is 37.2 Å². The van der Waals surface area contributed by atoms with Crippen molar-refractivity contribution in [1.29, 1.82) is 0 Å². The first-order valence-corrected chi connectivity index (χ1v) is 6.28. The fourth-order valence-electron chi connectivity index (χ4n) is 1.93. The van der Waals surface area contributed by atoms with Crippen LogP contribution < -0.4 is 10.1 Å². The van der Waals surface area contributed by atoms with Crippen LogP contribution in [0.4, 0.5) is 0 Å². The van der Waals surface area contributed by atoms with Crippen LogP contribution in [0.3, 0.4) is 0 Å². The zero-order chi connectivity index (χ0) is 12.1. The molecule has 0 saturated carbocycles. The highest BCUT2D eigenvalue weighted by molar-refractivity contribution is 5.86. The fourth-order valence-corrected chi connectivity index (χ4v) is 1.93. The summed E-state index contributed by atoms with van der Waals surface area (Å²) in [5.74, 6) is 0.938. The molecule has 1 aliphatic rings. The third-order valence-corrected chi connectivity index (χ3v) is 3.08. The van der Waals surface area contributed by atoms with Crippen molar-refractivity contribution >= 4 is 37.2 Å². The summed E-state index contributed by atoms with van der Waals surface area (Å²) < 4.78 is 5.91. The largest absolute Gasteiger partial charge is 0.489 e. The summed E-state index contributed by atoms with van der Waals surface area (Å²) in [5.41, 5.74) is 1.07.